The van der Waals surface area contributed by atoms with Gasteiger partial charge in [-0.3, -0.25) is 14.5 Å². The summed E-state index contributed by atoms with van der Waals surface area (Å²) in [6.45, 7) is 6.95. The van der Waals surface area contributed by atoms with Crippen molar-refractivity contribution in [3.05, 3.63) is 65.2 Å². The Kier molecular flexibility index (Phi) is 7.30. The van der Waals surface area contributed by atoms with Crippen molar-refractivity contribution in [3.8, 4) is 5.75 Å². The molecule has 0 radical (unpaired) electrons. The molecule has 2 amide bonds. The van der Waals surface area contributed by atoms with E-state index in [-0.39, 0.29) is 17.9 Å². The van der Waals surface area contributed by atoms with E-state index in [1.54, 1.807) is 19.0 Å². The average molecular weight is 452 g/mol. The smallest absolute Gasteiger partial charge is 0.254 e. The number of carbonyl (C=O) groups excluding carboxylic acids is 2. The van der Waals surface area contributed by atoms with E-state index in [0.29, 0.717) is 31.9 Å². The van der Waals surface area contributed by atoms with Crippen molar-refractivity contribution in [1.82, 2.24) is 14.7 Å². The van der Waals surface area contributed by atoms with Gasteiger partial charge in [-0.15, -0.1) is 0 Å². The van der Waals surface area contributed by atoms with Gasteiger partial charge in [0.15, 0.2) is 0 Å². The summed E-state index contributed by atoms with van der Waals surface area (Å²) in [6, 6.07) is 14.9. The predicted molar refractivity (Wildman–Crippen MR) is 127 cm³/mol. The molecule has 2 atom stereocenters. The fourth-order valence-corrected chi connectivity index (χ4v) is 4.76. The first-order chi connectivity index (χ1) is 16.0. The third-order valence-corrected chi connectivity index (χ3v) is 6.44. The molecule has 2 aliphatic heterocycles. The Bertz CT molecular complexity index is 970. The Morgan fingerprint density at radius 1 is 1.06 bits per heavy atom. The van der Waals surface area contributed by atoms with Crippen LogP contribution in [0.3, 0.4) is 0 Å². The first-order valence-corrected chi connectivity index (χ1v) is 11.6. The maximum absolute atomic E-state index is 13.7. The largest absolute Gasteiger partial charge is 0.494 e. The van der Waals surface area contributed by atoms with Gasteiger partial charge in [-0.05, 0) is 36.2 Å². The van der Waals surface area contributed by atoms with Crippen LogP contribution in [-0.2, 0) is 9.53 Å². The van der Waals surface area contributed by atoms with Gasteiger partial charge in [-0.2, -0.15) is 0 Å². The minimum atomic E-state index is -0.475. The van der Waals surface area contributed by atoms with Gasteiger partial charge < -0.3 is 19.3 Å². The van der Waals surface area contributed by atoms with E-state index >= 15 is 0 Å². The standard InChI is InChI=1S/C26H33N3O4/c1-4-33-20-11-9-19(10-12-20)24-23(26(31)27(2)3)21-7-5-6-8-22(21)25(30)29(24)14-13-28-15-17-32-18-16-28/h5-12,23-24H,4,13-18H2,1-3H3. The lowest BCUT2D eigenvalue weighted by atomic mass is 9.79. The van der Waals surface area contributed by atoms with Gasteiger partial charge in [0.05, 0.1) is 31.8 Å². The fraction of sp³-hybridized carbons (Fsp3) is 0.462. The number of nitrogens with zero attached hydrogens (tertiary/aromatic N) is 3. The summed E-state index contributed by atoms with van der Waals surface area (Å²) in [5.41, 5.74) is 2.34. The highest BCUT2D eigenvalue weighted by molar-refractivity contribution is 6.01. The van der Waals surface area contributed by atoms with Gasteiger partial charge in [-0.1, -0.05) is 30.3 Å². The maximum atomic E-state index is 13.7. The molecule has 2 aliphatic rings. The van der Waals surface area contributed by atoms with Crippen LogP contribution in [0.2, 0.25) is 0 Å². The van der Waals surface area contributed by atoms with Crippen LogP contribution in [0, 0.1) is 0 Å². The molecule has 1 fully saturated rings. The minimum absolute atomic E-state index is 0.00907. The van der Waals surface area contributed by atoms with Crippen molar-refractivity contribution in [2.75, 3.05) is 60.1 Å². The van der Waals surface area contributed by atoms with Crippen molar-refractivity contribution < 1.29 is 19.1 Å². The molecule has 2 heterocycles. The van der Waals surface area contributed by atoms with Crippen LogP contribution in [0.1, 0.15) is 40.4 Å². The average Bonchev–Trinajstić information content (AvgIpc) is 2.84. The van der Waals surface area contributed by atoms with Crippen molar-refractivity contribution in [2.24, 2.45) is 0 Å². The van der Waals surface area contributed by atoms with E-state index in [1.807, 2.05) is 60.4 Å². The number of fused-ring (bicyclic) bond motifs is 1. The van der Waals surface area contributed by atoms with Gasteiger partial charge >= 0.3 is 0 Å². The molecular formula is C26H33N3O4. The molecule has 0 N–H and O–H groups in total. The van der Waals surface area contributed by atoms with E-state index in [1.165, 1.54) is 0 Å². The predicted octanol–water partition coefficient (Wildman–Crippen LogP) is 2.79. The van der Waals surface area contributed by atoms with Crippen LogP contribution < -0.4 is 4.74 Å². The molecule has 2 aromatic rings. The molecule has 0 aromatic heterocycles. The monoisotopic (exact) mass is 451 g/mol. The first kappa shape index (κ1) is 23.3. The molecule has 0 saturated carbocycles. The lowest BCUT2D eigenvalue weighted by Gasteiger charge is -2.43. The van der Waals surface area contributed by atoms with Gasteiger partial charge in [0.2, 0.25) is 5.91 Å². The lowest BCUT2D eigenvalue weighted by molar-refractivity contribution is -0.132. The Morgan fingerprint density at radius 2 is 1.76 bits per heavy atom. The second-order valence-electron chi connectivity index (χ2n) is 8.70. The third-order valence-electron chi connectivity index (χ3n) is 6.44. The van der Waals surface area contributed by atoms with Crippen LogP contribution in [0.15, 0.2) is 48.5 Å². The molecule has 0 bridgehead atoms. The normalized spacial score (nSPS) is 20.9. The number of likely N-dealkylation sites (N-methyl/N-ethyl adjacent to an activating group) is 1. The van der Waals surface area contributed by atoms with Crippen LogP contribution in [0.25, 0.3) is 0 Å². The summed E-state index contributed by atoms with van der Waals surface area (Å²) >= 11 is 0. The second kappa shape index (κ2) is 10.4. The van der Waals surface area contributed by atoms with Gasteiger partial charge in [0.1, 0.15) is 5.75 Å². The van der Waals surface area contributed by atoms with Gasteiger partial charge in [0.25, 0.3) is 5.91 Å². The zero-order valence-electron chi connectivity index (χ0n) is 19.7. The number of carbonyl (C=O) groups is 2. The van der Waals surface area contributed by atoms with Gasteiger partial charge in [-0.25, -0.2) is 0 Å². The molecule has 2 unspecified atom stereocenters. The van der Waals surface area contributed by atoms with E-state index in [9.17, 15) is 9.59 Å². The van der Waals surface area contributed by atoms with Crippen molar-refractivity contribution in [3.63, 3.8) is 0 Å². The summed E-state index contributed by atoms with van der Waals surface area (Å²) in [6.07, 6.45) is 0. The molecular weight excluding hydrogens is 418 g/mol. The van der Waals surface area contributed by atoms with Crippen molar-refractivity contribution in [1.29, 1.82) is 0 Å². The maximum Gasteiger partial charge on any atom is 0.254 e. The topological polar surface area (TPSA) is 62.3 Å². The molecule has 176 valence electrons. The van der Waals surface area contributed by atoms with E-state index in [2.05, 4.69) is 4.90 Å². The molecule has 0 aliphatic carbocycles. The number of amides is 2. The number of ether oxygens (including phenoxy) is 2. The van der Waals surface area contributed by atoms with Crippen LogP contribution in [0.5, 0.6) is 5.75 Å². The fourth-order valence-electron chi connectivity index (χ4n) is 4.76. The number of benzene rings is 2. The van der Waals surface area contributed by atoms with Gasteiger partial charge in [0, 0.05) is 45.8 Å². The first-order valence-electron chi connectivity index (χ1n) is 11.6. The highest BCUT2D eigenvalue weighted by Crippen LogP contribution is 2.43. The SMILES string of the molecule is CCOc1ccc(C2C(C(=O)N(C)C)c3ccccc3C(=O)N2CCN2CCOCC2)cc1. The lowest BCUT2D eigenvalue weighted by Crippen LogP contribution is -2.50. The van der Waals surface area contributed by atoms with Crippen molar-refractivity contribution in [2.45, 2.75) is 18.9 Å². The third kappa shape index (κ3) is 4.89. The van der Waals surface area contributed by atoms with E-state index in [4.69, 9.17) is 9.47 Å². The summed E-state index contributed by atoms with van der Waals surface area (Å²) in [7, 11) is 3.55. The summed E-state index contributed by atoms with van der Waals surface area (Å²) < 4.78 is 11.1. The zero-order chi connectivity index (χ0) is 23.4. The second-order valence-corrected chi connectivity index (χ2v) is 8.70. The molecule has 33 heavy (non-hydrogen) atoms. The summed E-state index contributed by atoms with van der Waals surface area (Å²) in [5.74, 6) is 0.265. The number of morpholine rings is 1. The van der Waals surface area contributed by atoms with Crippen LogP contribution >= 0.6 is 0 Å². The summed E-state index contributed by atoms with van der Waals surface area (Å²) in [4.78, 5) is 33.0. The van der Waals surface area contributed by atoms with Crippen LogP contribution in [0.4, 0.5) is 0 Å². The number of rotatable bonds is 7. The van der Waals surface area contributed by atoms with E-state index in [0.717, 1.165) is 36.5 Å². The molecule has 7 heteroatoms. The van der Waals surface area contributed by atoms with E-state index < -0.39 is 5.92 Å². The minimum Gasteiger partial charge on any atom is -0.494 e. The van der Waals surface area contributed by atoms with Crippen LogP contribution in [-0.4, -0.2) is 86.6 Å². The molecule has 0 spiro atoms. The Hall–Kier alpha value is -2.90. The Labute approximate surface area is 195 Å². The highest BCUT2D eigenvalue weighted by atomic mass is 16.5. The molecule has 7 nitrogen and oxygen atoms in total. The zero-order valence-corrected chi connectivity index (χ0v) is 19.7. The Morgan fingerprint density at radius 3 is 2.42 bits per heavy atom. The quantitative estimate of drug-likeness (QED) is 0.648. The molecule has 4 rings (SSSR count). The number of hydrogen-bond donors (Lipinski definition) is 0. The molecule has 1 saturated heterocycles. The number of hydrogen-bond acceptors (Lipinski definition) is 5. The summed E-state index contributed by atoms with van der Waals surface area (Å²) in [5, 5.41) is 0. The molecule has 2 aromatic carbocycles. The Balaban J connectivity index is 1.75. The van der Waals surface area contributed by atoms with Crippen molar-refractivity contribution >= 4 is 11.8 Å². The highest BCUT2D eigenvalue weighted by Gasteiger charge is 2.44.